The lowest BCUT2D eigenvalue weighted by Gasteiger charge is -2.20. The summed E-state index contributed by atoms with van der Waals surface area (Å²) >= 11 is 1.99. The van der Waals surface area contributed by atoms with E-state index >= 15 is 0 Å². The Kier molecular flexibility index (Phi) is 8.72. The van der Waals surface area contributed by atoms with Gasteiger partial charge in [0.15, 0.2) is 9.84 Å². The van der Waals surface area contributed by atoms with Gasteiger partial charge in [-0.1, -0.05) is 31.4 Å². The van der Waals surface area contributed by atoms with Crippen LogP contribution in [0, 0.1) is 12.7 Å². The maximum Gasteiger partial charge on any atom is 0.229 e. The van der Waals surface area contributed by atoms with Gasteiger partial charge in [0, 0.05) is 11.7 Å². The number of aromatic nitrogens is 1. The van der Waals surface area contributed by atoms with Crippen molar-refractivity contribution < 1.29 is 22.0 Å². The van der Waals surface area contributed by atoms with Gasteiger partial charge in [0.1, 0.15) is 23.1 Å². The maximum absolute atomic E-state index is 13.9. The predicted molar refractivity (Wildman–Crippen MR) is 122 cm³/mol. The van der Waals surface area contributed by atoms with Crippen LogP contribution in [0.1, 0.15) is 62.8 Å². The predicted octanol–water partition coefficient (Wildman–Crippen LogP) is 5.51. The molecule has 3 rings (SSSR count). The second kappa shape index (κ2) is 11.3. The molecule has 1 aliphatic carbocycles. The number of carbonyl (C=O) groups is 1. The highest BCUT2D eigenvalue weighted by atomic mass is 32.2. The summed E-state index contributed by atoms with van der Waals surface area (Å²) in [7, 11) is -3.67. The normalized spacial score (nSPS) is 15.3. The van der Waals surface area contributed by atoms with Crippen LogP contribution < -0.4 is 0 Å². The molecule has 0 spiro atoms. The number of thioether (sulfide) groups is 1. The number of aryl methyl sites for hydroxylation is 1. The van der Waals surface area contributed by atoms with E-state index in [1.54, 1.807) is 19.1 Å². The molecule has 8 heteroatoms. The van der Waals surface area contributed by atoms with Crippen LogP contribution in [0.25, 0.3) is 11.5 Å². The molecule has 0 amide bonds. The van der Waals surface area contributed by atoms with Crippen molar-refractivity contribution in [1.29, 1.82) is 0 Å². The van der Waals surface area contributed by atoms with E-state index in [2.05, 4.69) is 4.98 Å². The number of rotatable bonds is 11. The van der Waals surface area contributed by atoms with E-state index in [0.29, 0.717) is 12.2 Å². The fourth-order valence-electron chi connectivity index (χ4n) is 3.79. The Morgan fingerprint density at radius 1 is 1.19 bits per heavy atom. The van der Waals surface area contributed by atoms with E-state index in [9.17, 15) is 17.6 Å². The number of halogens is 1. The summed E-state index contributed by atoms with van der Waals surface area (Å²) < 4.78 is 44.4. The second-order valence-electron chi connectivity index (χ2n) is 8.16. The van der Waals surface area contributed by atoms with E-state index in [0.717, 1.165) is 17.4 Å². The quantitative estimate of drug-likeness (QED) is 0.406. The SMILES string of the molecule is Cc1oc(-c2ccccc2F)nc1CS(=O)(=O)CC(=O)CCCCSC1CCCCC1. The molecule has 0 saturated heterocycles. The fourth-order valence-corrected chi connectivity index (χ4v) is 6.59. The number of benzene rings is 1. The zero-order chi connectivity index (χ0) is 22.3. The molecule has 170 valence electrons. The van der Waals surface area contributed by atoms with Crippen LogP contribution >= 0.6 is 11.8 Å². The Morgan fingerprint density at radius 2 is 1.94 bits per heavy atom. The van der Waals surface area contributed by atoms with Crippen molar-refractivity contribution >= 4 is 27.4 Å². The standard InChI is InChI=1S/C23H30FNO4S2/c1-17-22(25-23(29-17)20-12-5-6-13-21(20)24)16-31(27,28)15-18(26)9-7-8-14-30-19-10-3-2-4-11-19/h5-6,12-13,19H,2-4,7-11,14-16H2,1H3. The molecule has 5 nitrogen and oxygen atoms in total. The number of hydrogen-bond donors (Lipinski definition) is 0. The summed E-state index contributed by atoms with van der Waals surface area (Å²) in [5.74, 6) is -0.254. The molecule has 1 fully saturated rings. The molecule has 1 aliphatic rings. The lowest BCUT2D eigenvalue weighted by Crippen LogP contribution is -2.18. The Morgan fingerprint density at radius 3 is 2.68 bits per heavy atom. The second-order valence-corrected chi connectivity index (χ2v) is 11.6. The van der Waals surface area contributed by atoms with Crippen LogP contribution in [0.5, 0.6) is 0 Å². The first kappa shape index (κ1) is 24.0. The van der Waals surface area contributed by atoms with Crippen LogP contribution in [-0.4, -0.2) is 35.9 Å². The zero-order valence-electron chi connectivity index (χ0n) is 17.9. The summed E-state index contributed by atoms with van der Waals surface area (Å²) in [5.41, 5.74) is 0.395. The third kappa shape index (κ3) is 7.45. The van der Waals surface area contributed by atoms with Gasteiger partial charge in [-0.15, -0.1) is 0 Å². The minimum atomic E-state index is -3.67. The van der Waals surface area contributed by atoms with Crippen molar-refractivity contribution in [3.05, 3.63) is 41.5 Å². The summed E-state index contributed by atoms with van der Waals surface area (Å²) in [6.07, 6.45) is 8.50. The number of unbranched alkanes of at least 4 members (excludes halogenated alkanes) is 1. The van der Waals surface area contributed by atoms with Crippen molar-refractivity contribution in [3.8, 4) is 11.5 Å². The highest BCUT2D eigenvalue weighted by molar-refractivity contribution is 7.99. The first-order valence-corrected chi connectivity index (χ1v) is 13.8. The first-order valence-electron chi connectivity index (χ1n) is 10.9. The Bertz CT molecular complexity index is 981. The van der Waals surface area contributed by atoms with Crippen LogP contribution in [0.3, 0.4) is 0 Å². The average Bonchev–Trinajstić information content (AvgIpc) is 3.07. The van der Waals surface area contributed by atoms with E-state index in [1.165, 1.54) is 44.2 Å². The van der Waals surface area contributed by atoms with Crippen LogP contribution in [0.4, 0.5) is 4.39 Å². The molecule has 1 aromatic heterocycles. The number of nitrogens with zero attached hydrogens (tertiary/aromatic N) is 1. The molecule has 1 heterocycles. The number of hydrogen-bond acceptors (Lipinski definition) is 6. The number of carbonyl (C=O) groups excluding carboxylic acids is 1. The summed E-state index contributed by atoms with van der Waals surface area (Å²) in [6.45, 7) is 1.59. The van der Waals surface area contributed by atoms with E-state index < -0.39 is 21.4 Å². The molecule has 0 N–H and O–H groups in total. The van der Waals surface area contributed by atoms with Gasteiger partial charge in [0.05, 0.1) is 17.0 Å². The lowest BCUT2D eigenvalue weighted by atomic mass is 10.0. The van der Waals surface area contributed by atoms with Gasteiger partial charge in [0.2, 0.25) is 5.89 Å². The topological polar surface area (TPSA) is 77.2 Å². The van der Waals surface area contributed by atoms with Crippen molar-refractivity contribution in [2.24, 2.45) is 0 Å². The molecule has 0 aliphatic heterocycles. The molecular formula is C23H30FNO4S2. The zero-order valence-corrected chi connectivity index (χ0v) is 19.6. The van der Waals surface area contributed by atoms with Gasteiger partial charge in [0.25, 0.3) is 0 Å². The molecule has 0 bridgehead atoms. The molecule has 0 unspecified atom stereocenters. The van der Waals surface area contributed by atoms with Crippen LogP contribution in [-0.2, 0) is 20.4 Å². The van der Waals surface area contributed by atoms with E-state index in [-0.39, 0.29) is 35.1 Å². The number of oxazole rings is 1. The molecular weight excluding hydrogens is 437 g/mol. The Hall–Kier alpha value is -1.67. The Labute approximate surface area is 188 Å². The smallest absolute Gasteiger partial charge is 0.229 e. The molecule has 31 heavy (non-hydrogen) atoms. The van der Waals surface area contributed by atoms with Gasteiger partial charge in [-0.05, 0) is 50.5 Å². The summed E-state index contributed by atoms with van der Waals surface area (Å²) in [4.78, 5) is 16.4. The van der Waals surface area contributed by atoms with Gasteiger partial charge in [-0.25, -0.2) is 17.8 Å². The highest BCUT2D eigenvalue weighted by Crippen LogP contribution is 2.29. The number of Topliss-reactive ketones (excluding diaryl/α,β-unsaturated/α-hetero) is 1. The van der Waals surface area contributed by atoms with Crippen molar-refractivity contribution in [2.75, 3.05) is 11.5 Å². The monoisotopic (exact) mass is 467 g/mol. The molecule has 2 aromatic rings. The van der Waals surface area contributed by atoms with Crippen molar-refractivity contribution in [1.82, 2.24) is 4.98 Å². The number of ketones is 1. The lowest BCUT2D eigenvalue weighted by molar-refractivity contribution is -0.116. The third-order valence-corrected chi connectivity index (χ3v) is 8.43. The van der Waals surface area contributed by atoms with Gasteiger partial charge < -0.3 is 4.42 Å². The number of sulfone groups is 1. The molecule has 0 radical (unpaired) electrons. The van der Waals surface area contributed by atoms with E-state index in [1.807, 2.05) is 11.8 Å². The van der Waals surface area contributed by atoms with E-state index in [4.69, 9.17) is 4.42 Å². The molecule has 0 atom stereocenters. The maximum atomic E-state index is 13.9. The van der Waals surface area contributed by atoms with Gasteiger partial charge in [-0.2, -0.15) is 11.8 Å². The van der Waals surface area contributed by atoms with Crippen LogP contribution in [0.2, 0.25) is 0 Å². The van der Waals surface area contributed by atoms with Crippen LogP contribution in [0.15, 0.2) is 28.7 Å². The van der Waals surface area contributed by atoms with Gasteiger partial charge in [-0.3, -0.25) is 4.79 Å². The van der Waals surface area contributed by atoms with Gasteiger partial charge >= 0.3 is 0 Å². The summed E-state index contributed by atoms with van der Waals surface area (Å²) in [5, 5.41) is 0.754. The minimum Gasteiger partial charge on any atom is -0.441 e. The van der Waals surface area contributed by atoms with Crippen molar-refractivity contribution in [3.63, 3.8) is 0 Å². The van der Waals surface area contributed by atoms with Crippen molar-refractivity contribution in [2.45, 2.75) is 69.3 Å². The highest BCUT2D eigenvalue weighted by Gasteiger charge is 2.22. The largest absolute Gasteiger partial charge is 0.441 e. The third-order valence-electron chi connectivity index (χ3n) is 5.49. The summed E-state index contributed by atoms with van der Waals surface area (Å²) in [6, 6.07) is 6.02. The fraction of sp³-hybridized carbons (Fsp3) is 0.565. The Balaban J connectivity index is 1.45. The molecule has 1 aromatic carbocycles. The minimum absolute atomic E-state index is 0.0441. The average molecular weight is 468 g/mol. The first-order chi connectivity index (χ1) is 14.8. The molecule has 1 saturated carbocycles.